The molecule has 3 aromatic rings. The van der Waals surface area contributed by atoms with Crippen molar-refractivity contribution in [1.82, 2.24) is 0 Å². The largest absolute Gasteiger partial charge is 0.291 e. The van der Waals surface area contributed by atoms with E-state index in [1.807, 2.05) is 48.5 Å². The van der Waals surface area contributed by atoms with Crippen LogP contribution in [0.4, 0.5) is 0 Å². The SMILES string of the molecule is O=Cc1ccc2ccccc2[n+]1Cc1ccccc1. The lowest BCUT2D eigenvalue weighted by molar-refractivity contribution is -0.663. The van der Waals surface area contributed by atoms with Crippen LogP contribution in [0, 0.1) is 0 Å². The van der Waals surface area contributed by atoms with Crippen molar-refractivity contribution < 1.29 is 9.36 Å². The summed E-state index contributed by atoms with van der Waals surface area (Å²) in [5.41, 5.74) is 2.96. The van der Waals surface area contributed by atoms with Crippen molar-refractivity contribution in [3.63, 3.8) is 0 Å². The number of pyridine rings is 1. The zero-order chi connectivity index (χ0) is 13.1. The van der Waals surface area contributed by atoms with E-state index in [1.54, 1.807) is 0 Å². The topological polar surface area (TPSA) is 20.9 Å². The second-order valence-corrected chi connectivity index (χ2v) is 4.51. The highest BCUT2D eigenvalue weighted by Crippen LogP contribution is 2.11. The number of rotatable bonds is 3. The van der Waals surface area contributed by atoms with E-state index in [0.717, 1.165) is 17.2 Å². The van der Waals surface area contributed by atoms with Crippen LogP contribution in [-0.2, 0) is 6.54 Å². The van der Waals surface area contributed by atoms with Gasteiger partial charge in [-0.1, -0.05) is 42.5 Å². The summed E-state index contributed by atoms with van der Waals surface area (Å²) in [4.78, 5) is 11.2. The van der Waals surface area contributed by atoms with Gasteiger partial charge in [0.05, 0.1) is 0 Å². The maximum Gasteiger partial charge on any atom is 0.246 e. The first-order valence-corrected chi connectivity index (χ1v) is 6.29. The molecule has 0 N–H and O–H groups in total. The lowest BCUT2D eigenvalue weighted by atomic mass is 10.1. The van der Waals surface area contributed by atoms with Gasteiger partial charge >= 0.3 is 0 Å². The van der Waals surface area contributed by atoms with Crippen LogP contribution in [0.25, 0.3) is 10.9 Å². The first-order chi connectivity index (χ1) is 9.38. The number of fused-ring (bicyclic) bond motifs is 1. The highest BCUT2D eigenvalue weighted by molar-refractivity contribution is 5.79. The Bertz CT molecular complexity index is 720. The van der Waals surface area contributed by atoms with Crippen LogP contribution >= 0.6 is 0 Å². The van der Waals surface area contributed by atoms with Crippen molar-refractivity contribution in [2.75, 3.05) is 0 Å². The van der Waals surface area contributed by atoms with Gasteiger partial charge in [0.2, 0.25) is 17.5 Å². The maximum atomic E-state index is 11.2. The minimum Gasteiger partial charge on any atom is -0.291 e. The van der Waals surface area contributed by atoms with Crippen molar-refractivity contribution in [3.8, 4) is 0 Å². The van der Waals surface area contributed by atoms with Gasteiger partial charge in [-0.15, -0.1) is 0 Å². The van der Waals surface area contributed by atoms with Gasteiger partial charge in [0.1, 0.15) is 0 Å². The van der Waals surface area contributed by atoms with Gasteiger partial charge in [0.25, 0.3) is 0 Å². The molecule has 0 aliphatic carbocycles. The Hall–Kier alpha value is -2.48. The van der Waals surface area contributed by atoms with Crippen LogP contribution in [0.1, 0.15) is 16.1 Å². The van der Waals surface area contributed by atoms with Gasteiger partial charge < -0.3 is 0 Å². The molecule has 3 rings (SSSR count). The first-order valence-electron chi connectivity index (χ1n) is 6.29. The Morgan fingerprint density at radius 2 is 1.58 bits per heavy atom. The van der Waals surface area contributed by atoms with E-state index in [-0.39, 0.29) is 0 Å². The van der Waals surface area contributed by atoms with Gasteiger partial charge in [-0.2, -0.15) is 4.57 Å². The van der Waals surface area contributed by atoms with E-state index in [1.165, 1.54) is 5.56 Å². The average Bonchev–Trinajstić information content (AvgIpc) is 2.49. The molecule has 0 amide bonds. The summed E-state index contributed by atoms with van der Waals surface area (Å²) in [6.45, 7) is 0.705. The van der Waals surface area contributed by atoms with E-state index in [2.05, 4.69) is 22.8 Å². The highest BCUT2D eigenvalue weighted by Gasteiger charge is 2.15. The standard InChI is InChI=1S/C17H14NO/c19-13-16-11-10-15-8-4-5-9-17(15)18(16)12-14-6-2-1-3-7-14/h1-11,13H,12H2/q+1. The van der Waals surface area contributed by atoms with Crippen LogP contribution in [0.2, 0.25) is 0 Å². The summed E-state index contributed by atoms with van der Waals surface area (Å²) >= 11 is 0. The van der Waals surface area contributed by atoms with Crippen molar-refractivity contribution >= 4 is 17.2 Å². The number of hydrogen-bond acceptors (Lipinski definition) is 1. The molecule has 0 unspecified atom stereocenters. The molecule has 0 spiro atoms. The molecule has 0 fully saturated rings. The Kier molecular flexibility index (Phi) is 3.07. The van der Waals surface area contributed by atoms with Gasteiger partial charge in [-0.05, 0) is 12.1 Å². The predicted octanol–water partition coefficient (Wildman–Crippen LogP) is 2.99. The second kappa shape index (κ2) is 5.02. The summed E-state index contributed by atoms with van der Waals surface area (Å²) < 4.78 is 2.05. The van der Waals surface area contributed by atoms with Crippen molar-refractivity contribution in [2.45, 2.75) is 6.54 Å². The van der Waals surface area contributed by atoms with Crippen LogP contribution < -0.4 is 4.57 Å². The summed E-state index contributed by atoms with van der Waals surface area (Å²) in [5, 5.41) is 1.14. The Morgan fingerprint density at radius 1 is 0.842 bits per heavy atom. The fraction of sp³-hybridized carbons (Fsp3) is 0.0588. The molecule has 2 aromatic carbocycles. The van der Waals surface area contributed by atoms with Crippen molar-refractivity contribution in [3.05, 3.63) is 78.0 Å². The van der Waals surface area contributed by atoms with E-state index < -0.39 is 0 Å². The number of aromatic nitrogens is 1. The third-order valence-corrected chi connectivity index (χ3v) is 3.28. The van der Waals surface area contributed by atoms with E-state index in [4.69, 9.17) is 0 Å². The fourth-order valence-electron chi connectivity index (χ4n) is 2.32. The lowest BCUT2D eigenvalue weighted by Gasteiger charge is -2.04. The number of carbonyl (C=O) groups excluding carboxylic acids is 1. The van der Waals surface area contributed by atoms with Gasteiger partial charge in [-0.25, -0.2) is 0 Å². The number of benzene rings is 2. The molecule has 2 heteroatoms. The number of carbonyl (C=O) groups is 1. The molecule has 0 aliphatic heterocycles. The maximum absolute atomic E-state index is 11.2. The third-order valence-electron chi connectivity index (χ3n) is 3.28. The van der Waals surface area contributed by atoms with Crippen molar-refractivity contribution in [1.29, 1.82) is 0 Å². The molecular formula is C17H14NO+. The number of para-hydroxylation sites is 1. The molecule has 0 aliphatic rings. The van der Waals surface area contributed by atoms with E-state index in [0.29, 0.717) is 12.2 Å². The first kappa shape index (κ1) is 11.6. The lowest BCUT2D eigenvalue weighted by Crippen LogP contribution is -2.39. The minimum absolute atomic E-state index is 0.697. The molecular weight excluding hydrogens is 234 g/mol. The normalized spacial score (nSPS) is 10.5. The molecule has 0 saturated carbocycles. The zero-order valence-corrected chi connectivity index (χ0v) is 10.5. The van der Waals surface area contributed by atoms with Gasteiger partial charge in [-0.3, -0.25) is 4.79 Å². The molecule has 0 radical (unpaired) electrons. The summed E-state index contributed by atoms with van der Waals surface area (Å²) in [7, 11) is 0. The summed E-state index contributed by atoms with van der Waals surface area (Å²) in [6, 6.07) is 22.2. The van der Waals surface area contributed by atoms with Crippen LogP contribution in [0.5, 0.6) is 0 Å². The average molecular weight is 248 g/mol. The van der Waals surface area contributed by atoms with Crippen LogP contribution in [0.3, 0.4) is 0 Å². The van der Waals surface area contributed by atoms with E-state index in [9.17, 15) is 4.79 Å². The Morgan fingerprint density at radius 3 is 2.37 bits per heavy atom. The molecule has 92 valence electrons. The smallest absolute Gasteiger partial charge is 0.246 e. The van der Waals surface area contributed by atoms with Crippen LogP contribution in [-0.4, -0.2) is 6.29 Å². The second-order valence-electron chi connectivity index (χ2n) is 4.51. The molecule has 0 bridgehead atoms. The third kappa shape index (κ3) is 2.25. The zero-order valence-electron chi connectivity index (χ0n) is 10.5. The highest BCUT2D eigenvalue weighted by atomic mass is 16.1. The number of hydrogen-bond donors (Lipinski definition) is 0. The molecule has 1 aromatic heterocycles. The predicted molar refractivity (Wildman–Crippen MR) is 75.1 cm³/mol. The minimum atomic E-state index is 0.697. The van der Waals surface area contributed by atoms with E-state index >= 15 is 0 Å². The molecule has 2 nitrogen and oxygen atoms in total. The Balaban J connectivity index is 2.17. The summed E-state index contributed by atoms with van der Waals surface area (Å²) in [5.74, 6) is 0. The number of aldehydes is 1. The Labute approximate surface area is 111 Å². The monoisotopic (exact) mass is 248 g/mol. The molecule has 0 saturated heterocycles. The molecule has 0 atom stereocenters. The van der Waals surface area contributed by atoms with Gasteiger partial charge in [0.15, 0.2) is 6.54 Å². The van der Waals surface area contributed by atoms with Gasteiger partial charge in [0, 0.05) is 23.1 Å². The quantitative estimate of drug-likeness (QED) is 0.515. The molecule has 19 heavy (non-hydrogen) atoms. The fourth-order valence-corrected chi connectivity index (χ4v) is 2.32. The van der Waals surface area contributed by atoms with Crippen LogP contribution in [0.15, 0.2) is 66.7 Å². The summed E-state index contributed by atoms with van der Waals surface area (Å²) in [6.07, 6.45) is 0.912. The molecule has 1 heterocycles. The number of nitrogens with zero attached hydrogens (tertiary/aromatic N) is 1. The van der Waals surface area contributed by atoms with Crippen molar-refractivity contribution in [2.24, 2.45) is 0 Å².